The van der Waals surface area contributed by atoms with Crippen LogP contribution in [0.5, 0.6) is 0 Å². The van der Waals surface area contributed by atoms with E-state index >= 15 is 0 Å². The van der Waals surface area contributed by atoms with Gasteiger partial charge in [0.05, 0.1) is 12.1 Å². The SMILES string of the molecule is O=C(c1ccc(C(F)(F)F)cc1)N1CCN2C(=O)[C@H]3CCCN3C(=O)[C@H]2C1. The number of hydrogen-bond acceptors (Lipinski definition) is 3. The molecule has 0 aliphatic carbocycles. The average molecular weight is 381 g/mol. The predicted molar refractivity (Wildman–Crippen MR) is 87.6 cm³/mol. The topological polar surface area (TPSA) is 60.9 Å². The maximum Gasteiger partial charge on any atom is 0.416 e. The van der Waals surface area contributed by atoms with E-state index in [2.05, 4.69) is 0 Å². The number of nitrogens with zero attached hydrogens (tertiary/aromatic N) is 3. The number of rotatable bonds is 1. The molecule has 9 heteroatoms. The molecule has 3 fully saturated rings. The summed E-state index contributed by atoms with van der Waals surface area (Å²) in [5.74, 6) is -0.659. The lowest BCUT2D eigenvalue weighted by atomic mass is 10.0. The Kier molecular flexibility index (Phi) is 4.12. The van der Waals surface area contributed by atoms with Gasteiger partial charge in [0.2, 0.25) is 11.8 Å². The summed E-state index contributed by atoms with van der Waals surface area (Å²) in [4.78, 5) is 42.5. The predicted octanol–water partition coefficient (Wildman–Crippen LogP) is 1.36. The molecule has 0 radical (unpaired) electrons. The third-order valence-corrected chi connectivity index (χ3v) is 5.52. The van der Waals surface area contributed by atoms with Crippen molar-refractivity contribution in [2.75, 3.05) is 26.2 Å². The Balaban J connectivity index is 1.51. The fourth-order valence-corrected chi connectivity index (χ4v) is 4.10. The molecule has 144 valence electrons. The fourth-order valence-electron chi connectivity index (χ4n) is 4.10. The maximum absolute atomic E-state index is 12.7. The molecule has 0 bridgehead atoms. The molecule has 0 saturated carbocycles. The molecule has 3 amide bonds. The van der Waals surface area contributed by atoms with Gasteiger partial charge >= 0.3 is 6.18 Å². The van der Waals surface area contributed by atoms with Crippen molar-refractivity contribution in [2.24, 2.45) is 0 Å². The zero-order valence-electron chi connectivity index (χ0n) is 14.4. The van der Waals surface area contributed by atoms with Crippen LogP contribution in [0.1, 0.15) is 28.8 Å². The average Bonchev–Trinajstić information content (AvgIpc) is 3.15. The van der Waals surface area contributed by atoms with E-state index in [-0.39, 0.29) is 43.1 Å². The Morgan fingerprint density at radius 1 is 0.926 bits per heavy atom. The Morgan fingerprint density at radius 3 is 2.22 bits per heavy atom. The highest BCUT2D eigenvalue weighted by molar-refractivity contribution is 5.99. The van der Waals surface area contributed by atoms with Crippen LogP contribution in [-0.4, -0.2) is 70.7 Å². The third kappa shape index (κ3) is 2.94. The molecular weight excluding hydrogens is 363 g/mol. The van der Waals surface area contributed by atoms with Crippen molar-refractivity contribution in [3.05, 3.63) is 35.4 Å². The molecule has 0 aromatic heterocycles. The lowest BCUT2D eigenvalue weighted by molar-refractivity contribution is -0.162. The van der Waals surface area contributed by atoms with Crippen LogP contribution in [0, 0.1) is 0 Å². The number of piperazine rings is 2. The Morgan fingerprint density at radius 2 is 1.56 bits per heavy atom. The second-order valence-corrected chi connectivity index (χ2v) is 7.06. The minimum Gasteiger partial charge on any atom is -0.334 e. The third-order valence-electron chi connectivity index (χ3n) is 5.52. The van der Waals surface area contributed by atoms with Crippen LogP contribution in [-0.2, 0) is 15.8 Å². The van der Waals surface area contributed by atoms with Crippen molar-refractivity contribution < 1.29 is 27.6 Å². The summed E-state index contributed by atoms with van der Waals surface area (Å²) < 4.78 is 38.0. The number of halogens is 3. The second-order valence-electron chi connectivity index (χ2n) is 7.06. The van der Waals surface area contributed by atoms with Crippen LogP contribution in [0.15, 0.2) is 24.3 Å². The van der Waals surface area contributed by atoms with Gasteiger partial charge in [-0.3, -0.25) is 14.4 Å². The lowest BCUT2D eigenvalue weighted by Gasteiger charge is -2.47. The maximum atomic E-state index is 12.7. The van der Waals surface area contributed by atoms with Crippen molar-refractivity contribution in [2.45, 2.75) is 31.1 Å². The Bertz CT molecular complexity index is 793. The smallest absolute Gasteiger partial charge is 0.334 e. The molecule has 3 saturated heterocycles. The van der Waals surface area contributed by atoms with Crippen molar-refractivity contribution in [3.8, 4) is 0 Å². The van der Waals surface area contributed by atoms with Crippen molar-refractivity contribution in [1.82, 2.24) is 14.7 Å². The molecule has 6 nitrogen and oxygen atoms in total. The number of alkyl halides is 3. The van der Waals surface area contributed by atoms with Gasteiger partial charge in [-0.2, -0.15) is 13.2 Å². The minimum absolute atomic E-state index is 0.0631. The molecule has 3 heterocycles. The highest BCUT2D eigenvalue weighted by Crippen LogP contribution is 2.31. The van der Waals surface area contributed by atoms with E-state index in [1.54, 1.807) is 9.80 Å². The van der Waals surface area contributed by atoms with Gasteiger partial charge in [0.15, 0.2) is 0 Å². The monoisotopic (exact) mass is 381 g/mol. The minimum atomic E-state index is -4.46. The molecule has 2 atom stereocenters. The van der Waals surface area contributed by atoms with E-state index in [9.17, 15) is 27.6 Å². The number of fused-ring (bicyclic) bond motifs is 2. The van der Waals surface area contributed by atoms with Gasteiger partial charge < -0.3 is 14.7 Å². The number of amides is 3. The quantitative estimate of drug-likeness (QED) is 0.738. The van der Waals surface area contributed by atoms with Crippen LogP contribution < -0.4 is 0 Å². The van der Waals surface area contributed by atoms with Crippen LogP contribution in [0.4, 0.5) is 13.2 Å². The molecular formula is C18H18F3N3O3. The zero-order valence-corrected chi connectivity index (χ0v) is 14.4. The number of carbonyl (C=O) groups is 3. The number of benzene rings is 1. The van der Waals surface area contributed by atoms with Gasteiger partial charge in [-0.15, -0.1) is 0 Å². The highest BCUT2D eigenvalue weighted by Gasteiger charge is 2.50. The first-order chi connectivity index (χ1) is 12.8. The van der Waals surface area contributed by atoms with Gasteiger partial charge in [-0.05, 0) is 37.1 Å². The molecule has 3 aliphatic rings. The highest BCUT2D eigenvalue weighted by atomic mass is 19.4. The van der Waals surface area contributed by atoms with E-state index in [4.69, 9.17) is 0 Å². The van der Waals surface area contributed by atoms with Crippen LogP contribution >= 0.6 is 0 Å². The fraction of sp³-hybridized carbons (Fsp3) is 0.500. The summed E-state index contributed by atoms with van der Waals surface area (Å²) in [5.41, 5.74) is -0.693. The first-order valence-electron chi connectivity index (χ1n) is 8.85. The number of hydrogen-bond donors (Lipinski definition) is 0. The van der Waals surface area contributed by atoms with Gasteiger partial charge in [0, 0.05) is 25.2 Å². The van der Waals surface area contributed by atoms with Crippen LogP contribution in [0.25, 0.3) is 0 Å². The Hall–Kier alpha value is -2.58. The summed E-state index contributed by atoms with van der Waals surface area (Å²) in [6.07, 6.45) is -3.01. The molecule has 0 N–H and O–H groups in total. The van der Waals surface area contributed by atoms with E-state index in [1.807, 2.05) is 0 Å². The molecule has 27 heavy (non-hydrogen) atoms. The van der Waals surface area contributed by atoms with Crippen LogP contribution in [0.3, 0.4) is 0 Å². The summed E-state index contributed by atoms with van der Waals surface area (Å²) in [6, 6.07) is 2.93. The van der Waals surface area contributed by atoms with Gasteiger partial charge in [0.25, 0.3) is 5.91 Å². The molecule has 0 unspecified atom stereocenters. The largest absolute Gasteiger partial charge is 0.416 e. The van der Waals surface area contributed by atoms with Crippen molar-refractivity contribution >= 4 is 17.7 Å². The van der Waals surface area contributed by atoms with Crippen molar-refractivity contribution in [1.29, 1.82) is 0 Å². The molecule has 3 aliphatic heterocycles. The molecule has 0 spiro atoms. The molecule has 1 aromatic carbocycles. The molecule has 4 rings (SSSR count). The van der Waals surface area contributed by atoms with Gasteiger partial charge in [-0.25, -0.2) is 0 Å². The standard InChI is InChI=1S/C18H18F3N3O3/c19-18(20,21)12-5-3-11(4-6-12)15(25)22-8-9-24-14(10-22)17(27)23-7-1-2-13(23)16(24)26/h3-6,13-14H,1-2,7-10H2/t13-,14-/m1/s1. The zero-order chi connectivity index (χ0) is 19.3. The first kappa shape index (κ1) is 17.8. The normalized spacial score (nSPS) is 25.5. The number of carbonyl (C=O) groups excluding carboxylic acids is 3. The summed E-state index contributed by atoms with van der Waals surface area (Å²) in [7, 11) is 0. The van der Waals surface area contributed by atoms with E-state index in [0.717, 1.165) is 30.7 Å². The van der Waals surface area contributed by atoms with Crippen molar-refractivity contribution in [3.63, 3.8) is 0 Å². The van der Waals surface area contributed by atoms with Crippen LogP contribution in [0.2, 0.25) is 0 Å². The van der Waals surface area contributed by atoms with E-state index in [1.165, 1.54) is 4.90 Å². The summed E-state index contributed by atoms with van der Waals surface area (Å²) in [6.45, 7) is 1.12. The van der Waals surface area contributed by atoms with Gasteiger partial charge in [0.1, 0.15) is 12.1 Å². The second kappa shape index (κ2) is 6.24. The van der Waals surface area contributed by atoms with E-state index in [0.29, 0.717) is 13.0 Å². The summed E-state index contributed by atoms with van der Waals surface area (Å²) in [5, 5.41) is 0. The lowest BCUT2D eigenvalue weighted by Crippen LogP contribution is -2.69. The Labute approximate surface area is 153 Å². The summed E-state index contributed by atoms with van der Waals surface area (Å²) >= 11 is 0. The first-order valence-corrected chi connectivity index (χ1v) is 8.85. The van der Waals surface area contributed by atoms with E-state index < -0.39 is 23.7 Å². The van der Waals surface area contributed by atoms with Gasteiger partial charge in [-0.1, -0.05) is 0 Å². The molecule has 1 aromatic rings.